The molecule has 0 spiro atoms. The largest absolute Gasteiger partial charge is 0.477 e. The van der Waals surface area contributed by atoms with Gasteiger partial charge in [0.2, 0.25) is 0 Å². The monoisotopic (exact) mass is 383 g/mol. The van der Waals surface area contributed by atoms with Gasteiger partial charge in [-0.2, -0.15) is 5.10 Å². The number of halogens is 2. The number of carbonyl (C=O) groups is 1. The van der Waals surface area contributed by atoms with Crippen LogP contribution in [0.5, 0.6) is 0 Å². The van der Waals surface area contributed by atoms with Crippen molar-refractivity contribution in [2.24, 2.45) is 0 Å². The van der Waals surface area contributed by atoms with Crippen molar-refractivity contribution in [3.05, 3.63) is 34.3 Å². The number of nitrogens with two attached hydrogens (primary N) is 1. The van der Waals surface area contributed by atoms with Crippen molar-refractivity contribution in [1.29, 1.82) is 0 Å². The van der Waals surface area contributed by atoms with E-state index in [4.69, 9.17) is 10.5 Å². The number of aromatic carboxylic acids is 1. The van der Waals surface area contributed by atoms with E-state index >= 15 is 0 Å². The lowest BCUT2D eigenvalue weighted by Gasteiger charge is -2.26. The molecule has 23 heavy (non-hydrogen) atoms. The lowest BCUT2D eigenvalue weighted by atomic mass is 10.1. The molecule has 0 amide bonds. The van der Waals surface area contributed by atoms with Crippen LogP contribution in [0.2, 0.25) is 0 Å². The van der Waals surface area contributed by atoms with E-state index in [0.29, 0.717) is 18.6 Å². The molecule has 2 heterocycles. The van der Waals surface area contributed by atoms with Crippen LogP contribution in [0.4, 0.5) is 10.2 Å². The molecule has 2 atom stereocenters. The molecule has 1 fully saturated rings. The Balaban J connectivity index is 2.11. The van der Waals surface area contributed by atoms with Crippen LogP contribution in [0, 0.1) is 0 Å². The molecule has 6 nitrogen and oxygen atoms in total. The molecule has 1 aromatic carbocycles. The fourth-order valence-electron chi connectivity index (χ4n) is 2.69. The highest BCUT2D eigenvalue weighted by molar-refractivity contribution is 9.10. The highest BCUT2D eigenvalue weighted by Gasteiger charge is 2.32. The third-order valence-corrected chi connectivity index (χ3v) is 4.37. The number of nitrogens with zero attached hydrogens (tertiary/aromatic N) is 2. The van der Waals surface area contributed by atoms with Crippen LogP contribution in [-0.4, -0.2) is 40.2 Å². The van der Waals surface area contributed by atoms with Crippen molar-refractivity contribution in [3.63, 3.8) is 0 Å². The van der Waals surface area contributed by atoms with Crippen LogP contribution >= 0.6 is 15.9 Å². The van der Waals surface area contributed by atoms with Gasteiger partial charge >= 0.3 is 5.97 Å². The molecular formula is C15H15BrFN3O3. The minimum atomic E-state index is -1.27. The third-order valence-electron chi connectivity index (χ3n) is 3.85. The lowest BCUT2D eigenvalue weighted by Crippen LogP contribution is -2.32. The van der Waals surface area contributed by atoms with Crippen LogP contribution in [0.3, 0.4) is 0 Å². The highest BCUT2D eigenvalue weighted by atomic mass is 79.9. The molecule has 2 aromatic rings. The second kappa shape index (κ2) is 6.29. The lowest BCUT2D eigenvalue weighted by molar-refractivity contribution is 0.000581. The van der Waals surface area contributed by atoms with Crippen molar-refractivity contribution in [2.45, 2.75) is 18.6 Å². The first-order valence-electron chi connectivity index (χ1n) is 7.08. The number of hydrogen-bond acceptors (Lipinski definition) is 4. The molecular weight excluding hydrogens is 369 g/mol. The molecule has 8 heteroatoms. The van der Waals surface area contributed by atoms with Crippen molar-refractivity contribution < 1.29 is 19.0 Å². The second-order valence-electron chi connectivity index (χ2n) is 5.31. The number of carboxylic acids is 1. The molecule has 3 rings (SSSR count). The number of ether oxygens (including phenoxy) is 1. The van der Waals surface area contributed by atoms with Crippen molar-refractivity contribution in [2.75, 3.05) is 18.9 Å². The topological polar surface area (TPSA) is 90.4 Å². The van der Waals surface area contributed by atoms with Gasteiger partial charge in [-0.05, 0) is 18.6 Å². The second-order valence-corrected chi connectivity index (χ2v) is 6.23. The highest BCUT2D eigenvalue weighted by Crippen LogP contribution is 2.33. The van der Waals surface area contributed by atoms with Gasteiger partial charge < -0.3 is 15.6 Å². The number of benzene rings is 1. The van der Waals surface area contributed by atoms with Gasteiger partial charge in [0.25, 0.3) is 0 Å². The third kappa shape index (κ3) is 2.96. The summed E-state index contributed by atoms with van der Waals surface area (Å²) in [5.41, 5.74) is 6.71. The van der Waals surface area contributed by atoms with Crippen LogP contribution in [0.15, 0.2) is 28.7 Å². The normalized spacial score (nSPS) is 21.3. The van der Waals surface area contributed by atoms with Gasteiger partial charge in [-0.1, -0.05) is 28.1 Å². The quantitative estimate of drug-likeness (QED) is 0.850. The maximum atomic E-state index is 14.1. The van der Waals surface area contributed by atoms with Crippen LogP contribution in [0.1, 0.15) is 22.8 Å². The first kappa shape index (κ1) is 15.9. The summed E-state index contributed by atoms with van der Waals surface area (Å²) in [6, 6.07) is 6.41. The van der Waals surface area contributed by atoms with Gasteiger partial charge in [0, 0.05) is 16.6 Å². The smallest absolute Gasteiger partial charge is 0.341 e. The summed E-state index contributed by atoms with van der Waals surface area (Å²) >= 11 is 3.33. The Morgan fingerprint density at radius 1 is 1.43 bits per heavy atom. The van der Waals surface area contributed by atoms with E-state index < -0.39 is 18.2 Å². The molecule has 0 bridgehead atoms. The molecule has 1 aliphatic heterocycles. The minimum Gasteiger partial charge on any atom is -0.477 e. The van der Waals surface area contributed by atoms with Gasteiger partial charge in [0.1, 0.15) is 23.2 Å². The Bertz CT molecular complexity index is 732. The fraction of sp³-hybridized carbons (Fsp3) is 0.333. The van der Waals surface area contributed by atoms with Gasteiger partial charge in [0.15, 0.2) is 0 Å². The summed E-state index contributed by atoms with van der Waals surface area (Å²) in [6.07, 6.45) is -0.878. The Hall–Kier alpha value is -1.93. The summed E-state index contributed by atoms with van der Waals surface area (Å²) in [7, 11) is 0. The van der Waals surface area contributed by atoms with E-state index in [0.717, 1.165) is 4.47 Å². The van der Waals surface area contributed by atoms with Gasteiger partial charge in [-0.3, -0.25) is 0 Å². The van der Waals surface area contributed by atoms with Crippen molar-refractivity contribution in [3.8, 4) is 11.3 Å². The van der Waals surface area contributed by atoms with E-state index in [9.17, 15) is 14.3 Å². The summed E-state index contributed by atoms with van der Waals surface area (Å²) in [5.74, 6) is -1.22. The molecule has 1 aliphatic rings. The Morgan fingerprint density at radius 3 is 2.74 bits per heavy atom. The molecule has 0 saturated carbocycles. The number of alkyl halides is 1. The predicted octanol–water partition coefficient (Wildman–Crippen LogP) is 2.89. The molecule has 3 N–H and O–H groups in total. The number of carboxylic acid groups (broad SMARTS) is 1. The van der Waals surface area contributed by atoms with E-state index in [1.54, 1.807) is 24.3 Å². The fourth-order valence-corrected chi connectivity index (χ4v) is 2.95. The summed E-state index contributed by atoms with van der Waals surface area (Å²) < 4.78 is 21.3. The number of rotatable bonds is 3. The molecule has 122 valence electrons. The molecule has 0 aliphatic carbocycles. The van der Waals surface area contributed by atoms with E-state index in [2.05, 4.69) is 21.0 Å². The number of anilines is 1. The zero-order valence-electron chi connectivity index (χ0n) is 12.1. The predicted molar refractivity (Wildman–Crippen MR) is 86.1 cm³/mol. The standard InChI is InChI=1S/C15H15BrFN3O3/c16-9-3-1-8(2-4-9)13-12(15(21)22)14(18)20(19-13)11-5-6-23-7-10(11)17/h1-4,10-11H,5-7,18H2,(H,21,22). The number of hydrogen-bond donors (Lipinski definition) is 2. The molecule has 2 unspecified atom stereocenters. The van der Waals surface area contributed by atoms with Gasteiger partial charge in [-0.15, -0.1) is 0 Å². The van der Waals surface area contributed by atoms with Crippen molar-refractivity contribution in [1.82, 2.24) is 9.78 Å². The maximum Gasteiger partial charge on any atom is 0.341 e. The summed E-state index contributed by atoms with van der Waals surface area (Å²) in [6.45, 7) is 0.348. The zero-order chi connectivity index (χ0) is 16.6. The van der Waals surface area contributed by atoms with Crippen LogP contribution < -0.4 is 5.73 Å². The average Bonchev–Trinajstić information content (AvgIpc) is 2.86. The Labute approximate surface area is 140 Å². The number of aromatic nitrogens is 2. The Morgan fingerprint density at radius 2 is 2.13 bits per heavy atom. The maximum absolute atomic E-state index is 14.1. The molecule has 1 saturated heterocycles. The first-order chi connectivity index (χ1) is 11.0. The van der Waals surface area contributed by atoms with Crippen molar-refractivity contribution >= 4 is 27.7 Å². The van der Waals surface area contributed by atoms with E-state index in [1.165, 1.54) is 4.68 Å². The molecule has 1 aromatic heterocycles. The summed E-state index contributed by atoms with van der Waals surface area (Å²) in [5, 5.41) is 13.8. The Kier molecular flexibility index (Phi) is 4.36. The van der Waals surface area contributed by atoms with Crippen LogP contribution in [0.25, 0.3) is 11.3 Å². The van der Waals surface area contributed by atoms with Gasteiger partial charge in [0.05, 0.1) is 12.6 Å². The summed E-state index contributed by atoms with van der Waals surface area (Å²) in [4.78, 5) is 11.6. The number of nitrogen functional groups attached to an aromatic ring is 1. The average molecular weight is 384 g/mol. The van der Waals surface area contributed by atoms with Crippen LogP contribution in [-0.2, 0) is 4.74 Å². The first-order valence-corrected chi connectivity index (χ1v) is 7.87. The SMILES string of the molecule is Nc1c(C(=O)O)c(-c2ccc(Br)cc2)nn1C1CCOCC1F. The van der Waals surface area contributed by atoms with E-state index in [1.807, 2.05) is 0 Å². The molecule has 0 radical (unpaired) electrons. The van der Waals surface area contributed by atoms with Gasteiger partial charge in [-0.25, -0.2) is 13.9 Å². The van der Waals surface area contributed by atoms with E-state index in [-0.39, 0.29) is 23.7 Å². The zero-order valence-corrected chi connectivity index (χ0v) is 13.7. The minimum absolute atomic E-state index is 0.0371.